The van der Waals surface area contributed by atoms with E-state index >= 15 is 0 Å². The highest BCUT2D eigenvalue weighted by Gasteiger charge is 2.24. The van der Waals surface area contributed by atoms with Crippen LogP contribution in [0.1, 0.15) is 33.1 Å². The Bertz CT molecular complexity index is 397. The molecule has 1 aliphatic heterocycles. The fourth-order valence-corrected chi connectivity index (χ4v) is 2.39. The summed E-state index contributed by atoms with van der Waals surface area (Å²) in [6.45, 7) is 6.80. The lowest BCUT2D eigenvalue weighted by Gasteiger charge is -2.34. The largest absolute Gasteiger partial charge is 0.478 e. The minimum atomic E-state index is 0.224. The van der Waals surface area contributed by atoms with Crippen LogP contribution in [0.15, 0.2) is 12.3 Å². The summed E-state index contributed by atoms with van der Waals surface area (Å²) in [6, 6.07) is 2.04. The second-order valence-corrected chi connectivity index (χ2v) is 5.25. The van der Waals surface area contributed by atoms with Crippen LogP contribution < -0.4 is 15.4 Å². The van der Waals surface area contributed by atoms with Crippen LogP contribution in [0.25, 0.3) is 0 Å². The van der Waals surface area contributed by atoms with E-state index in [1.807, 2.05) is 6.07 Å². The zero-order chi connectivity index (χ0) is 13.7. The van der Waals surface area contributed by atoms with Gasteiger partial charge in [0.1, 0.15) is 0 Å². The quantitative estimate of drug-likeness (QED) is 0.879. The molecule has 1 aromatic heterocycles. The number of anilines is 1. The molecule has 0 radical (unpaired) electrons. The molecule has 1 saturated heterocycles. The zero-order valence-corrected chi connectivity index (χ0v) is 11.9. The molecule has 2 heterocycles. The molecule has 2 rings (SSSR count). The number of rotatable bonds is 5. The van der Waals surface area contributed by atoms with Crippen LogP contribution in [0.2, 0.25) is 0 Å². The third-order valence-corrected chi connectivity index (χ3v) is 3.56. The molecule has 1 aliphatic rings. The Morgan fingerprint density at radius 1 is 1.58 bits per heavy atom. The lowest BCUT2D eigenvalue weighted by Crippen LogP contribution is -2.43. The number of hydrogen-bond acceptors (Lipinski definition) is 5. The van der Waals surface area contributed by atoms with Gasteiger partial charge in [-0.05, 0) is 32.1 Å². The van der Waals surface area contributed by atoms with Crippen molar-refractivity contribution in [3.05, 3.63) is 12.3 Å². The Morgan fingerprint density at radius 3 is 3.16 bits per heavy atom. The molecule has 0 bridgehead atoms. The number of nitrogens with two attached hydrogens (primary N) is 1. The van der Waals surface area contributed by atoms with E-state index in [4.69, 9.17) is 10.5 Å². The van der Waals surface area contributed by atoms with Crippen molar-refractivity contribution in [3.63, 3.8) is 0 Å². The number of hydrogen-bond donors (Lipinski definition) is 1. The van der Waals surface area contributed by atoms with Gasteiger partial charge in [0.15, 0.2) is 0 Å². The van der Waals surface area contributed by atoms with E-state index < -0.39 is 0 Å². The first-order chi connectivity index (χ1) is 9.20. The summed E-state index contributed by atoms with van der Waals surface area (Å²) < 4.78 is 5.56. The van der Waals surface area contributed by atoms with Crippen molar-refractivity contribution >= 4 is 5.95 Å². The van der Waals surface area contributed by atoms with Gasteiger partial charge in [0, 0.05) is 31.4 Å². The fraction of sp³-hybridized carbons (Fsp3) is 0.714. The van der Waals surface area contributed by atoms with Crippen LogP contribution in [0.3, 0.4) is 0 Å². The van der Waals surface area contributed by atoms with Gasteiger partial charge in [0.2, 0.25) is 11.8 Å². The molecule has 0 amide bonds. The van der Waals surface area contributed by atoms with Crippen molar-refractivity contribution in [2.24, 2.45) is 11.7 Å². The molecule has 5 nitrogen and oxygen atoms in total. The molecule has 19 heavy (non-hydrogen) atoms. The molecule has 2 N–H and O–H groups in total. The Kier molecular flexibility index (Phi) is 4.96. The highest BCUT2D eigenvalue weighted by atomic mass is 16.5. The predicted octanol–water partition coefficient (Wildman–Crippen LogP) is 1.83. The monoisotopic (exact) mass is 264 g/mol. The van der Waals surface area contributed by atoms with Crippen molar-refractivity contribution < 1.29 is 4.74 Å². The van der Waals surface area contributed by atoms with Gasteiger partial charge in [0.25, 0.3) is 0 Å². The Labute approximate surface area is 115 Å². The zero-order valence-electron chi connectivity index (χ0n) is 11.9. The molecule has 1 aromatic rings. The van der Waals surface area contributed by atoms with Gasteiger partial charge in [-0.25, -0.2) is 4.98 Å². The third-order valence-electron chi connectivity index (χ3n) is 3.56. The molecular weight excluding hydrogens is 240 g/mol. The van der Waals surface area contributed by atoms with E-state index in [2.05, 4.69) is 28.7 Å². The fourth-order valence-electron chi connectivity index (χ4n) is 2.39. The Morgan fingerprint density at radius 2 is 2.42 bits per heavy atom. The van der Waals surface area contributed by atoms with Crippen molar-refractivity contribution in [2.75, 3.05) is 24.6 Å². The van der Waals surface area contributed by atoms with Crippen LogP contribution in [0.4, 0.5) is 5.95 Å². The van der Waals surface area contributed by atoms with Crippen molar-refractivity contribution in [1.29, 1.82) is 0 Å². The van der Waals surface area contributed by atoms with Gasteiger partial charge in [0.05, 0.1) is 6.61 Å². The molecule has 0 spiro atoms. The highest BCUT2D eigenvalue weighted by Crippen LogP contribution is 2.23. The first-order valence-electron chi connectivity index (χ1n) is 7.17. The van der Waals surface area contributed by atoms with E-state index in [1.165, 1.54) is 6.42 Å². The average molecular weight is 264 g/mol. The van der Waals surface area contributed by atoms with Gasteiger partial charge >= 0.3 is 0 Å². The topological polar surface area (TPSA) is 64.3 Å². The summed E-state index contributed by atoms with van der Waals surface area (Å²) in [5.41, 5.74) is 6.01. The maximum Gasteiger partial charge on any atom is 0.228 e. The van der Waals surface area contributed by atoms with E-state index in [0.29, 0.717) is 18.4 Å². The summed E-state index contributed by atoms with van der Waals surface area (Å²) >= 11 is 0. The van der Waals surface area contributed by atoms with Crippen LogP contribution in [0, 0.1) is 5.92 Å². The molecule has 106 valence electrons. The minimum absolute atomic E-state index is 0.224. The smallest absolute Gasteiger partial charge is 0.228 e. The number of ether oxygens (including phenoxy) is 1. The second-order valence-electron chi connectivity index (χ2n) is 5.25. The highest BCUT2D eigenvalue weighted by molar-refractivity contribution is 5.32. The van der Waals surface area contributed by atoms with Gasteiger partial charge in [-0.2, -0.15) is 4.98 Å². The lowest BCUT2D eigenvalue weighted by atomic mass is 9.92. The molecule has 1 fully saturated rings. The van der Waals surface area contributed by atoms with Gasteiger partial charge < -0.3 is 15.4 Å². The molecule has 2 atom stereocenters. The summed E-state index contributed by atoms with van der Waals surface area (Å²) in [4.78, 5) is 11.1. The molecule has 2 unspecified atom stereocenters. The third kappa shape index (κ3) is 3.80. The minimum Gasteiger partial charge on any atom is -0.478 e. The summed E-state index contributed by atoms with van der Waals surface area (Å²) in [5, 5.41) is 0. The molecule has 0 saturated carbocycles. The van der Waals surface area contributed by atoms with E-state index in [-0.39, 0.29) is 6.04 Å². The van der Waals surface area contributed by atoms with Gasteiger partial charge in [-0.15, -0.1) is 0 Å². The average Bonchev–Trinajstić information content (AvgIpc) is 2.45. The molecular formula is C14H24N4O. The first kappa shape index (κ1) is 14.1. The maximum absolute atomic E-state index is 6.01. The second kappa shape index (κ2) is 6.70. The van der Waals surface area contributed by atoms with Crippen LogP contribution >= 0.6 is 0 Å². The molecule has 0 aliphatic carbocycles. The van der Waals surface area contributed by atoms with Gasteiger partial charge in [-0.1, -0.05) is 6.92 Å². The number of aromatic nitrogens is 2. The number of nitrogens with zero attached hydrogens (tertiary/aromatic N) is 3. The standard InChI is InChI=1S/C14H24N4O/c1-3-9-19-13-6-7-16-14(17-13)18-8-4-5-12(10-18)11(2)15/h6-7,11-12H,3-5,8-10,15H2,1-2H3. The summed E-state index contributed by atoms with van der Waals surface area (Å²) in [6.07, 6.45) is 5.09. The maximum atomic E-state index is 6.01. The van der Waals surface area contributed by atoms with Crippen molar-refractivity contribution in [1.82, 2.24) is 9.97 Å². The predicted molar refractivity (Wildman–Crippen MR) is 76.4 cm³/mol. The van der Waals surface area contributed by atoms with E-state index in [1.54, 1.807) is 6.20 Å². The number of piperidine rings is 1. The van der Waals surface area contributed by atoms with Crippen molar-refractivity contribution in [3.8, 4) is 5.88 Å². The lowest BCUT2D eigenvalue weighted by molar-refractivity contribution is 0.303. The first-order valence-corrected chi connectivity index (χ1v) is 7.17. The summed E-state index contributed by atoms with van der Waals surface area (Å²) in [5.74, 6) is 1.95. The normalized spacial score (nSPS) is 21.2. The van der Waals surface area contributed by atoms with E-state index in [9.17, 15) is 0 Å². The van der Waals surface area contributed by atoms with Crippen LogP contribution in [0.5, 0.6) is 5.88 Å². The van der Waals surface area contributed by atoms with Crippen LogP contribution in [-0.4, -0.2) is 35.7 Å². The summed E-state index contributed by atoms with van der Waals surface area (Å²) in [7, 11) is 0. The van der Waals surface area contributed by atoms with Crippen LogP contribution in [-0.2, 0) is 0 Å². The van der Waals surface area contributed by atoms with E-state index in [0.717, 1.165) is 31.9 Å². The Hall–Kier alpha value is -1.36. The SMILES string of the molecule is CCCOc1ccnc(N2CCCC(C(C)N)C2)n1. The molecule has 0 aromatic carbocycles. The Balaban J connectivity index is 2.04. The van der Waals surface area contributed by atoms with Crippen molar-refractivity contribution in [2.45, 2.75) is 39.2 Å². The van der Waals surface area contributed by atoms with Gasteiger partial charge in [-0.3, -0.25) is 0 Å². The molecule has 5 heteroatoms.